The van der Waals surface area contributed by atoms with Gasteiger partial charge in [0, 0.05) is 13.6 Å². The molecule has 0 atom stereocenters. The summed E-state index contributed by atoms with van der Waals surface area (Å²) >= 11 is 11.6. The van der Waals surface area contributed by atoms with Gasteiger partial charge in [0.15, 0.2) is 6.07 Å². The van der Waals surface area contributed by atoms with Crippen LogP contribution in [0.1, 0.15) is 5.56 Å². The third-order valence-electron chi connectivity index (χ3n) is 2.16. The molecule has 1 aromatic rings. The van der Waals surface area contributed by atoms with E-state index < -0.39 is 5.91 Å². The minimum absolute atomic E-state index is 0.477. The highest BCUT2D eigenvalue weighted by molar-refractivity contribution is 6.42. The number of carbonyl (C=O) groups excluding carboxylic acids is 1. The molecule has 1 aromatic carbocycles. The van der Waals surface area contributed by atoms with Crippen molar-refractivity contribution < 1.29 is 4.79 Å². The Morgan fingerprint density at radius 2 is 2.12 bits per heavy atom. The molecule has 0 spiro atoms. The Hall–Kier alpha value is -1.24. The number of carbonyl (C=O) groups is 1. The summed E-state index contributed by atoms with van der Waals surface area (Å²) in [4.78, 5) is 12.3. The van der Waals surface area contributed by atoms with Gasteiger partial charge in [0.2, 0.25) is 0 Å². The highest BCUT2D eigenvalue weighted by atomic mass is 35.5. The van der Waals surface area contributed by atoms with Gasteiger partial charge in [-0.05, 0) is 24.1 Å². The first-order valence-corrected chi connectivity index (χ1v) is 5.39. The minimum atomic E-state index is -0.542. The van der Waals surface area contributed by atoms with Gasteiger partial charge in [0.05, 0.1) is 10.0 Å². The number of nitriles is 1. The Labute approximate surface area is 104 Å². The smallest absolute Gasteiger partial charge is 0.324 e. The van der Waals surface area contributed by atoms with Crippen molar-refractivity contribution in [3.63, 3.8) is 0 Å². The molecule has 5 heteroatoms. The van der Waals surface area contributed by atoms with Crippen molar-refractivity contribution in [3.05, 3.63) is 33.8 Å². The zero-order valence-electron chi connectivity index (χ0n) is 8.70. The van der Waals surface area contributed by atoms with Crippen molar-refractivity contribution in [2.45, 2.75) is 6.42 Å². The maximum Gasteiger partial charge on any atom is 0.324 e. The highest BCUT2D eigenvalue weighted by Crippen LogP contribution is 2.22. The van der Waals surface area contributed by atoms with Crippen LogP contribution in [0.4, 0.5) is 0 Å². The standard InChI is InChI=1S/C11H10Cl2N2O/c1-15(11(16)7-14)5-4-8-2-3-9(12)10(13)6-8/h2-3,6H,4-5H2,1H3. The number of nitrogens with zero attached hydrogens (tertiary/aromatic N) is 2. The lowest BCUT2D eigenvalue weighted by molar-refractivity contribution is -0.124. The molecule has 1 rings (SSSR count). The van der Waals surface area contributed by atoms with Crippen molar-refractivity contribution in [2.75, 3.05) is 13.6 Å². The fourth-order valence-corrected chi connectivity index (χ4v) is 1.50. The molecule has 0 N–H and O–H groups in total. The summed E-state index contributed by atoms with van der Waals surface area (Å²) < 4.78 is 0. The van der Waals surface area contributed by atoms with Gasteiger partial charge in [0.25, 0.3) is 0 Å². The molecule has 0 aliphatic carbocycles. The van der Waals surface area contributed by atoms with Gasteiger partial charge in [0.1, 0.15) is 0 Å². The average Bonchev–Trinajstić information content (AvgIpc) is 2.29. The molecule has 1 amide bonds. The predicted molar refractivity (Wildman–Crippen MR) is 63.4 cm³/mol. The molecule has 16 heavy (non-hydrogen) atoms. The van der Waals surface area contributed by atoms with Gasteiger partial charge < -0.3 is 4.90 Å². The van der Waals surface area contributed by atoms with E-state index in [0.717, 1.165) is 5.56 Å². The monoisotopic (exact) mass is 256 g/mol. The fourth-order valence-electron chi connectivity index (χ4n) is 1.18. The zero-order valence-corrected chi connectivity index (χ0v) is 10.2. The lowest BCUT2D eigenvalue weighted by Crippen LogP contribution is -2.27. The summed E-state index contributed by atoms with van der Waals surface area (Å²) in [6, 6.07) is 6.88. The van der Waals surface area contributed by atoms with Crippen molar-refractivity contribution in [2.24, 2.45) is 0 Å². The molecule has 0 bridgehead atoms. The largest absolute Gasteiger partial charge is 0.333 e. The molecule has 0 unspecified atom stereocenters. The molecule has 0 heterocycles. The number of hydrogen-bond acceptors (Lipinski definition) is 2. The first kappa shape index (κ1) is 12.8. The molecule has 0 aliphatic heterocycles. The molecule has 3 nitrogen and oxygen atoms in total. The van der Waals surface area contributed by atoms with Gasteiger partial charge in [-0.25, -0.2) is 0 Å². The van der Waals surface area contributed by atoms with Crippen LogP contribution in [-0.2, 0) is 11.2 Å². The van der Waals surface area contributed by atoms with Crippen LogP contribution in [-0.4, -0.2) is 24.4 Å². The van der Waals surface area contributed by atoms with E-state index in [9.17, 15) is 4.79 Å². The van der Waals surface area contributed by atoms with Gasteiger partial charge in [-0.1, -0.05) is 29.3 Å². The van der Waals surface area contributed by atoms with Crippen molar-refractivity contribution in [1.82, 2.24) is 4.90 Å². The molecular weight excluding hydrogens is 247 g/mol. The number of amides is 1. The third kappa shape index (κ3) is 3.41. The average molecular weight is 257 g/mol. The van der Waals surface area contributed by atoms with Crippen molar-refractivity contribution >= 4 is 29.1 Å². The Kier molecular flexibility index (Phi) is 4.60. The van der Waals surface area contributed by atoms with Gasteiger partial charge in [-0.15, -0.1) is 0 Å². The van der Waals surface area contributed by atoms with E-state index in [-0.39, 0.29) is 0 Å². The second kappa shape index (κ2) is 5.74. The topological polar surface area (TPSA) is 44.1 Å². The van der Waals surface area contributed by atoms with Crippen LogP contribution in [0.15, 0.2) is 18.2 Å². The lowest BCUT2D eigenvalue weighted by Gasteiger charge is -2.12. The lowest BCUT2D eigenvalue weighted by atomic mass is 10.1. The summed E-state index contributed by atoms with van der Waals surface area (Å²) in [7, 11) is 1.59. The first-order valence-electron chi connectivity index (χ1n) is 4.63. The van der Waals surface area contributed by atoms with Crippen LogP contribution < -0.4 is 0 Å². The van der Waals surface area contributed by atoms with E-state index in [1.165, 1.54) is 4.90 Å². The Morgan fingerprint density at radius 1 is 1.44 bits per heavy atom. The number of rotatable bonds is 3. The molecular formula is C11H10Cl2N2O. The highest BCUT2D eigenvalue weighted by Gasteiger charge is 2.07. The summed E-state index contributed by atoms with van der Waals surface area (Å²) in [5, 5.41) is 9.40. The summed E-state index contributed by atoms with van der Waals surface area (Å²) in [6.07, 6.45) is 0.640. The summed E-state index contributed by atoms with van der Waals surface area (Å²) in [5.74, 6) is -0.542. The Balaban J connectivity index is 2.59. The maximum atomic E-state index is 11.0. The number of likely N-dealkylation sites (N-methyl/N-ethyl adjacent to an activating group) is 1. The van der Waals surface area contributed by atoms with Gasteiger partial charge in [-0.2, -0.15) is 5.26 Å². The quantitative estimate of drug-likeness (QED) is 0.781. The normalized spacial score (nSPS) is 9.62. The third-order valence-corrected chi connectivity index (χ3v) is 2.90. The van der Waals surface area contributed by atoms with E-state index >= 15 is 0 Å². The fraction of sp³-hybridized carbons (Fsp3) is 0.273. The van der Waals surface area contributed by atoms with Crippen LogP contribution >= 0.6 is 23.2 Å². The second-order valence-electron chi connectivity index (χ2n) is 3.34. The molecule has 0 aromatic heterocycles. The van der Waals surface area contributed by atoms with Crippen LogP contribution in [0.25, 0.3) is 0 Å². The number of hydrogen-bond donors (Lipinski definition) is 0. The van der Waals surface area contributed by atoms with Gasteiger partial charge >= 0.3 is 5.91 Å². The predicted octanol–water partition coefficient (Wildman–Crippen LogP) is 2.52. The summed E-state index contributed by atoms with van der Waals surface area (Å²) in [6.45, 7) is 0.477. The SMILES string of the molecule is CN(CCc1ccc(Cl)c(Cl)c1)C(=O)C#N. The second-order valence-corrected chi connectivity index (χ2v) is 4.15. The minimum Gasteiger partial charge on any atom is -0.333 e. The van der Waals surface area contributed by atoms with E-state index in [1.807, 2.05) is 6.07 Å². The summed E-state index contributed by atoms with van der Waals surface area (Å²) in [5.41, 5.74) is 0.979. The number of halogens is 2. The zero-order chi connectivity index (χ0) is 12.1. The van der Waals surface area contributed by atoms with E-state index in [1.54, 1.807) is 25.2 Å². The Morgan fingerprint density at radius 3 is 2.69 bits per heavy atom. The first-order chi connectivity index (χ1) is 7.54. The molecule has 0 saturated carbocycles. The van der Waals surface area contributed by atoms with Crippen LogP contribution in [0, 0.1) is 11.3 Å². The van der Waals surface area contributed by atoms with Crippen molar-refractivity contribution in [3.8, 4) is 6.07 Å². The van der Waals surface area contributed by atoms with E-state index in [2.05, 4.69) is 0 Å². The molecule has 84 valence electrons. The van der Waals surface area contributed by atoms with E-state index in [0.29, 0.717) is 23.0 Å². The molecule has 0 aliphatic rings. The molecule has 0 radical (unpaired) electrons. The van der Waals surface area contributed by atoms with E-state index in [4.69, 9.17) is 28.5 Å². The molecule has 0 fully saturated rings. The van der Waals surface area contributed by atoms with Crippen LogP contribution in [0.3, 0.4) is 0 Å². The number of benzene rings is 1. The van der Waals surface area contributed by atoms with Crippen LogP contribution in [0.5, 0.6) is 0 Å². The van der Waals surface area contributed by atoms with Crippen LogP contribution in [0.2, 0.25) is 10.0 Å². The molecule has 0 saturated heterocycles. The van der Waals surface area contributed by atoms with Gasteiger partial charge in [-0.3, -0.25) is 4.79 Å². The Bertz CT molecular complexity index is 440. The maximum absolute atomic E-state index is 11.0. The van der Waals surface area contributed by atoms with Crippen molar-refractivity contribution in [1.29, 1.82) is 5.26 Å².